The number of aromatic nitrogens is 2. The van der Waals surface area contributed by atoms with Crippen LogP contribution in [0, 0.1) is 11.3 Å². The summed E-state index contributed by atoms with van der Waals surface area (Å²) in [4.78, 5) is 4.70. The first-order valence-electron chi connectivity index (χ1n) is 28.9. The number of anilines is 6. The van der Waals surface area contributed by atoms with Gasteiger partial charge in [0.2, 0.25) is 0 Å². The Balaban J connectivity index is 1.10. The van der Waals surface area contributed by atoms with Gasteiger partial charge in [0.05, 0.1) is 0 Å². The number of hydrogen-bond acceptors (Lipinski definition) is 3. The van der Waals surface area contributed by atoms with Crippen molar-refractivity contribution in [2.45, 2.75) is 0 Å². The van der Waals surface area contributed by atoms with E-state index in [-0.39, 0.29) is 0 Å². The molecule has 15 aromatic rings. The zero-order valence-corrected chi connectivity index (χ0v) is 48.6. The summed E-state index contributed by atoms with van der Waals surface area (Å²) >= 11 is -4.19. The van der Waals surface area contributed by atoms with Crippen molar-refractivity contribution < 1.29 is 0 Å². The van der Waals surface area contributed by atoms with E-state index in [0.717, 1.165) is 100 Å². The molecule has 2 heterocycles. The Kier molecular flexibility index (Phi) is 13.1. The molecule has 0 fully saturated rings. The number of para-hydroxylation sites is 6. The monoisotopic (exact) mass is 1150 g/mol. The maximum absolute atomic E-state index is 10.3. The molecule has 0 saturated carbocycles. The second-order valence-corrected chi connectivity index (χ2v) is 29.5. The van der Waals surface area contributed by atoms with Crippen molar-refractivity contribution >= 4 is 109 Å². The van der Waals surface area contributed by atoms with Gasteiger partial charge in [-0.15, -0.1) is 0 Å². The fourth-order valence-electron chi connectivity index (χ4n) is 13.2. The summed E-state index contributed by atoms with van der Waals surface area (Å²) in [6, 6.07) is 124. The average Bonchev–Trinajstić information content (AvgIpc) is 1.80. The van der Waals surface area contributed by atoms with Gasteiger partial charge in [0.1, 0.15) is 0 Å². The van der Waals surface area contributed by atoms with Crippen LogP contribution in [-0.2, 0) is 0 Å². The van der Waals surface area contributed by atoms with Gasteiger partial charge in [0, 0.05) is 0 Å². The van der Waals surface area contributed by atoms with E-state index in [1.54, 1.807) is 0 Å². The molecule has 0 radical (unpaired) electrons. The van der Waals surface area contributed by atoms with E-state index in [9.17, 15) is 5.26 Å². The molecule has 0 bridgehead atoms. The van der Waals surface area contributed by atoms with Crippen LogP contribution in [0.3, 0.4) is 0 Å². The van der Waals surface area contributed by atoms with Crippen LogP contribution in [0.5, 0.6) is 0 Å². The quantitative estimate of drug-likeness (QED) is 0.108. The van der Waals surface area contributed by atoms with Crippen molar-refractivity contribution in [1.29, 1.82) is 5.26 Å². The molecule has 0 aliphatic heterocycles. The summed E-state index contributed by atoms with van der Waals surface area (Å²) in [6.45, 7) is 0. The molecule has 0 spiro atoms. The van der Waals surface area contributed by atoms with Crippen LogP contribution in [0.1, 0.15) is 5.56 Å². The molecule has 0 atom stereocenters. The average molecular weight is 1150 g/mol. The van der Waals surface area contributed by atoms with Crippen LogP contribution in [0.4, 0.5) is 34.1 Å². The van der Waals surface area contributed by atoms with E-state index in [1.807, 2.05) is 12.1 Å². The standard InChI is InChI=1S/C79H55GeN5/c81-56-57-44-46-58(47-45-57)70-54-78(84-74-42-24-22-40-68(74)71-52-66(48-50-76(71)84)82(62-32-14-4-15-33-62)63-34-16-5-17-35-63)79(55-73(70)80(59-26-8-1-9-27-59,60-28-10-2-11-29-60)61-30-12-3-13-31-61)85-75-43-25-23-41-69(75)72-53-67(49-51-77(72)85)83(64-36-18-6-19-37-64)65-38-20-7-21-39-65/h1-55H. The molecule has 6 heteroatoms. The van der Waals surface area contributed by atoms with Gasteiger partial charge in [0.25, 0.3) is 0 Å². The molecule has 0 N–H and O–H groups in total. The molecule has 15 rings (SSSR count). The number of benzene rings is 13. The van der Waals surface area contributed by atoms with Crippen molar-refractivity contribution in [2.24, 2.45) is 0 Å². The van der Waals surface area contributed by atoms with Crippen LogP contribution in [0.2, 0.25) is 0 Å². The third-order valence-corrected chi connectivity index (χ3v) is 26.9. The van der Waals surface area contributed by atoms with Crippen molar-refractivity contribution in [3.8, 4) is 28.6 Å². The van der Waals surface area contributed by atoms with E-state index in [0.29, 0.717) is 5.56 Å². The van der Waals surface area contributed by atoms with E-state index in [2.05, 4.69) is 347 Å². The Morgan fingerprint density at radius 3 is 0.988 bits per heavy atom. The number of fused-ring (bicyclic) bond motifs is 6. The molecule has 0 amide bonds. The number of nitrogens with zero attached hydrogens (tertiary/aromatic N) is 5. The number of rotatable bonds is 13. The molecule has 0 aliphatic rings. The van der Waals surface area contributed by atoms with Crippen molar-refractivity contribution in [3.63, 3.8) is 0 Å². The van der Waals surface area contributed by atoms with Crippen molar-refractivity contribution in [3.05, 3.63) is 339 Å². The second kappa shape index (κ2) is 21.8. The fourth-order valence-corrected chi connectivity index (χ4v) is 23.6. The van der Waals surface area contributed by atoms with Gasteiger partial charge in [-0.1, -0.05) is 48.5 Å². The van der Waals surface area contributed by atoms with Crippen molar-refractivity contribution in [2.75, 3.05) is 9.80 Å². The van der Waals surface area contributed by atoms with Crippen LogP contribution >= 0.6 is 0 Å². The molecule has 2 aromatic heterocycles. The van der Waals surface area contributed by atoms with Gasteiger partial charge >= 0.3 is 452 Å². The molecule has 85 heavy (non-hydrogen) atoms. The molecule has 400 valence electrons. The van der Waals surface area contributed by atoms with Crippen LogP contribution in [-0.4, -0.2) is 22.4 Å². The number of hydrogen-bond donors (Lipinski definition) is 0. The van der Waals surface area contributed by atoms with Crippen molar-refractivity contribution in [1.82, 2.24) is 9.13 Å². The third kappa shape index (κ3) is 8.78. The zero-order valence-electron chi connectivity index (χ0n) is 46.5. The van der Waals surface area contributed by atoms with Gasteiger partial charge in [-0.05, 0) is 0 Å². The normalized spacial score (nSPS) is 11.5. The van der Waals surface area contributed by atoms with Crippen LogP contribution in [0.15, 0.2) is 334 Å². The molecule has 0 aliphatic carbocycles. The maximum atomic E-state index is 10.3. The first-order valence-corrected chi connectivity index (χ1v) is 33.1. The Morgan fingerprint density at radius 2 is 0.612 bits per heavy atom. The Labute approximate surface area is 497 Å². The SMILES string of the molecule is N#Cc1ccc(-c2cc(-n3c4ccccc4c4cc(N(c5ccccc5)c5ccccc5)ccc43)c(-n3c4ccccc4c4cc(N(c5ccccc5)c5ccccc5)ccc43)c[c]2[Ge]([c]2ccccc2)([c]2ccccc2)[c]2ccccc2)cc1. The minimum absolute atomic E-state index is 0.616. The van der Waals surface area contributed by atoms with E-state index in [4.69, 9.17) is 0 Å². The molecule has 5 nitrogen and oxygen atoms in total. The third-order valence-electron chi connectivity index (χ3n) is 16.8. The molecular formula is C79H55GeN5. The van der Waals surface area contributed by atoms with Crippen LogP contribution < -0.4 is 27.4 Å². The minimum atomic E-state index is -4.19. The summed E-state index contributed by atoms with van der Waals surface area (Å²) in [5.74, 6) is 0. The summed E-state index contributed by atoms with van der Waals surface area (Å²) in [5.41, 5.74) is 15.7. The van der Waals surface area contributed by atoms with Crippen LogP contribution in [0.25, 0.3) is 66.1 Å². The molecule has 0 saturated heterocycles. The fraction of sp³-hybridized carbons (Fsp3) is 0. The topological polar surface area (TPSA) is 40.1 Å². The zero-order chi connectivity index (χ0) is 56.7. The Bertz CT molecular complexity index is 4750. The molecule has 0 unspecified atom stereocenters. The Hall–Kier alpha value is -10.9. The van der Waals surface area contributed by atoms with Gasteiger partial charge < -0.3 is 0 Å². The van der Waals surface area contributed by atoms with Gasteiger partial charge in [0.15, 0.2) is 0 Å². The second-order valence-electron chi connectivity index (χ2n) is 21.5. The van der Waals surface area contributed by atoms with E-state index >= 15 is 0 Å². The Morgan fingerprint density at radius 1 is 0.282 bits per heavy atom. The summed E-state index contributed by atoms with van der Waals surface area (Å²) in [5, 5.41) is 14.9. The summed E-state index contributed by atoms with van der Waals surface area (Å²) < 4.78 is 10.3. The summed E-state index contributed by atoms with van der Waals surface area (Å²) in [7, 11) is 0. The van der Waals surface area contributed by atoms with E-state index in [1.165, 1.54) is 17.6 Å². The predicted molar refractivity (Wildman–Crippen MR) is 358 cm³/mol. The van der Waals surface area contributed by atoms with Gasteiger partial charge in [-0.25, -0.2) is 0 Å². The predicted octanol–water partition coefficient (Wildman–Crippen LogP) is 17.7. The first kappa shape index (κ1) is 51.0. The van der Waals surface area contributed by atoms with Gasteiger partial charge in [-0.3, -0.25) is 0 Å². The number of nitriles is 1. The molecular weight excluding hydrogens is 1090 g/mol. The van der Waals surface area contributed by atoms with E-state index < -0.39 is 13.3 Å². The van der Waals surface area contributed by atoms with Gasteiger partial charge in [-0.2, -0.15) is 0 Å². The summed E-state index contributed by atoms with van der Waals surface area (Å²) in [6.07, 6.45) is 0. The molecule has 13 aromatic carbocycles. The first-order chi connectivity index (χ1) is 42.2.